The molecule has 1 atom stereocenters. The van der Waals surface area contributed by atoms with Crippen LogP contribution in [0.1, 0.15) is 17.5 Å². The van der Waals surface area contributed by atoms with Crippen molar-refractivity contribution in [1.29, 1.82) is 0 Å². The molecule has 0 aromatic heterocycles. The van der Waals surface area contributed by atoms with Gasteiger partial charge >= 0.3 is 5.97 Å². The van der Waals surface area contributed by atoms with E-state index in [1.807, 2.05) is 6.07 Å². The normalized spacial score (nSPS) is 20.4. The molecule has 0 amide bonds. The lowest BCUT2D eigenvalue weighted by Crippen LogP contribution is -2.45. The number of rotatable bonds is 4. The Balaban J connectivity index is 2.06. The molecule has 1 fully saturated rings. The second-order valence-corrected chi connectivity index (χ2v) is 5.73. The van der Waals surface area contributed by atoms with E-state index in [1.165, 1.54) is 11.1 Å². The highest BCUT2D eigenvalue weighted by molar-refractivity contribution is 9.10. The molecule has 1 aliphatic heterocycles. The van der Waals surface area contributed by atoms with E-state index in [0.717, 1.165) is 17.6 Å². The van der Waals surface area contributed by atoms with Gasteiger partial charge in [0.2, 0.25) is 0 Å². The van der Waals surface area contributed by atoms with Crippen molar-refractivity contribution in [2.75, 3.05) is 19.8 Å². The maximum atomic E-state index is 10.9. The lowest BCUT2D eigenvalue weighted by atomic mass is 10.1. The monoisotopic (exact) mass is 327 g/mol. The summed E-state index contributed by atoms with van der Waals surface area (Å²) in [4.78, 5) is 13.1. The van der Waals surface area contributed by atoms with Crippen LogP contribution < -0.4 is 0 Å². The van der Waals surface area contributed by atoms with Crippen LogP contribution in [0.3, 0.4) is 0 Å². The van der Waals surface area contributed by atoms with Gasteiger partial charge in [-0.15, -0.1) is 0 Å². The molecular formula is C14H18BrNO3. The van der Waals surface area contributed by atoms with Gasteiger partial charge in [-0.25, -0.2) is 0 Å². The van der Waals surface area contributed by atoms with Gasteiger partial charge in [0.25, 0.3) is 0 Å². The molecule has 0 saturated carbocycles. The summed E-state index contributed by atoms with van der Waals surface area (Å²) in [6.45, 7) is 4.79. The first-order chi connectivity index (χ1) is 9.06. The van der Waals surface area contributed by atoms with Crippen LogP contribution >= 0.6 is 15.9 Å². The van der Waals surface area contributed by atoms with Crippen molar-refractivity contribution < 1.29 is 14.6 Å². The number of aryl methyl sites for hydroxylation is 1. The fraction of sp³-hybridized carbons (Fsp3) is 0.500. The molecule has 1 aromatic carbocycles. The van der Waals surface area contributed by atoms with E-state index in [1.54, 1.807) is 0 Å². The number of halogens is 1. The predicted molar refractivity (Wildman–Crippen MR) is 76.1 cm³/mol. The summed E-state index contributed by atoms with van der Waals surface area (Å²) in [5, 5.41) is 8.94. The standard InChI is InChI=1S/C14H18BrNO3/c1-10-6-11(2-3-13(10)15)8-16-4-5-19-9-12(16)7-14(17)18/h2-3,6,12H,4-5,7-9H2,1H3,(H,17,18). The zero-order valence-electron chi connectivity index (χ0n) is 10.9. The van der Waals surface area contributed by atoms with Crippen molar-refractivity contribution in [3.63, 3.8) is 0 Å². The van der Waals surface area contributed by atoms with E-state index >= 15 is 0 Å². The van der Waals surface area contributed by atoms with Gasteiger partial charge in [0.05, 0.1) is 19.6 Å². The topological polar surface area (TPSA) is 49.8 Å². The highest BCUT2D eigenvalue weighted by atomic mass is 79.9. The number of hydrogen-bond acceptors (Lipinski definition) is 3. The number of benzene rings is 1. The van der Waals surface area contributed by atoms with Crippen LogP contribution in [0, 0.1) is 6.92 Å². The molecule has 1 heterocycles. The van der Waals surface area contributed by atoms with Crippen LogP contribution in [-0.2, 0) is 16.1 Å². The van der Waals surface area contributed by atoms with Crippen LogP contribution in [0.5, 0.6) is 0 Å². The number of carboxylic acids is 1. The summed E-state index contributed by atoms with van der Waals surface area (Å²) in [5.74, 6) is -0.771. The first-order valence-electron chi connectivity index (χ1n) is 6.35. The molecule has 2 rings (SSSR count). The number of nitrogens with zero attached hydrogens (tertiary/aromatic N) is 1. The molecule has 1 N–H and O–H groups in total. The quantitative estimate of drug-likeness (QED) is 0.922. The molecule has 104 valence electrons. The zero-order valence-corrected chi connectivity index (χ0v) is 12.5. The van der Waals surface area contributed by atoms with Gasteiger partial charge in [0.15, 0.2) is 0 Å². The fourth-order valence-electron chi connectivity index (χ4n) is 2.33. The summed E-state index contributed by atoms with van der Waals surface area (Å²) in [5.41, 5.74) is 2.40. The number of carboxylic acid groups (broad SMARTS) is 1. The molecule has 0 aliphatic carbocycles. The summed E-state index contributed by atoms with van der Waals surface area (Å²) < 4.78 is 6.48. The van der Waals surface area contributed by atoms with Crippen molar-refractivity contribution in [3.05, 3.63) is 33.8 Å². The van der Waals surface area contributed by atoms with Gasteiger partial charge in [-0.3, -0.25) is 9.69 Å². The highest BCUT2D eigenvalue weighted by Gasteiger charge is 2.25. The van der Waals surface area contributed by atoms with Crippen molar-refractivity contribution in [1.82, 2.24) is 4.90 Å². The smallest absolute Gasteiger partial charge is 0.305 e. The minimum Gasteiger partial charge on any atom is -0.481 e. The Morgan fingerprint density at radius 2 is 2.37 bits per heavy atom. The largest absolute Gasteiger partial charge is 0.481 e. The number of hydrogen-bond donors (Lipinski definition) is 1. The molecule has 1 aliphatic rings. The maximum absolute atomic E-state index is 10.9. The molecule has 0 bridgehead atoms. The number of morpholine rings is 1. The summed E-state index contributed by atoms with van der Waals surface area (Å²) >= 11 is 3.49. The maximum Gasteiger partial charge on any atom is 0.305 e. The van der Waals surface area contributed by atoms with E-state index in [2.05, 4.69) is 39.9 Å². The van der Waals surface area contributed by atoms with E-state index in [4.69, 9.17) is 9.84 Å². The Kier molecular flexibility index (Phi) is 4.96. The highest BCUT2D eigenvalue weighted by Crippen LogP contribution is 2.20. The third-order valence-corrected chi connectivity index (χ3v) is 4.26. The van der Waals surface area contributed by atoms with Gasteiger partial charge in [-0.2, -0.15) is 0 Å². The molecule has 19 heavy (non-hydrogen) atoms. The van der Waals surface area contributed by atoms with Crippen LogP contribution in [0.15, 0.2) is 22.7 Å². The van der Waals surface area contributed by atoms with Crippen LogP contribution in [0.25, 0.3) is 0 Å². The Labute approximate surface area is 121 Å². The molecule has 1 saturated heterocycles. The Bertz CT molecular complexity index is 464. The molecule has 5 heteroatoms. The average Bonchev–Trinajstić information content (AvgIpc) is 2.36. The number of carbonyl (C=O) groups is 1. The van der Waals surface area contributed by atoms with Crippen molar-refractivity contribution in [2.24, 2.45) is 0 Å². The molecule has 1 unspecified atom stereocenters. The van der Waals surface area contributed by atoms with E-state index in [-0.39, 0.29) is 12.5 Å². The minimum atomic E-state index is -0.771. The van der Waals surface area contributed by atoms with Crippen LogP contribution in [0.4, 0.5) is 0 Å². The third-order valence-electron chi connectivity index (χ3n) is 3.37. The summed E-state index contributed by atoms with van der Waals surface area (Å²) in [6, 6.07) is 6.22. The van der Waals surface area contributed by atoms with E-state index in [9.17, 15) is 4.79 Å². The van der Waals surface area contributed by atoms with Crippen LogP contribution in [-0.4, -0.2) is 41.8 Å². The molecular weight excluding hydrogens is 310 g/mol. The third kappa shape index (κ3) is 4.03. The van der Waals surface area contributed by atoms with Gasteiger partial charge < -0.3 is 9.84 Å². The fourth-order valence-corrected chi connectivity index (χ4v) is 2.57. The Hall–Kier alpha value is -0.910. The average molecular weight is 328 g/mol. The lowest BCUT2D eigenvalue weighted by Gasteiger charge is -2.34. The van der Waals surface area contributed by atoms with Gasteiger partial charge in [0.1, 0.15) is 0 Å². The number of aliphatic carboxylic acids is 1. The minimum absolute atomic E-state index is 0.0322. The van der Waals surface area contributed by atoms with Gasteiger partial charge in [-0.05, 0) is 24.1 Å². The lowest BCUT2D eigenvalue weighted by molar-refractivity contribution is -0.140. The first-order valence-corrected chi connectivity index (χ1v) is 7.14. The molecule has 0 radical (unpaired) electrons. The second-order valence-electron chi connectivity index (χ2n) is 4.88. The first kappa shape index (κ1) is 14.5. The van der Waals surface area contributed by atoms with E-state index in [0.29, 0.717) is 13.2 Å². The molecule has 4 nitrogen and oxygen atoms in total. The van der Waals surface area contributed by atoms with Crippen molar-refractivity contribution >= 4 is 21.9 Å². The van der Waals surface area contributed by atoms with Crippen molar-refractivity contribution in [3.8, 4) is 0 Å². The molecule has 0 spiro atoms. The predicted octanol–water partition coefficient (Wildman–Crippen LogP) is 2.43. The van der Waals surface area contributed by atoms with Gasteiger partial charge in [-0.1, -0.05) is 28.1 Å². The Morgan fingerprint density at radius 3 is 3.05 bits per heavy atom. The molecule has 1 aromatic rings. The Morgan fingerprint density at radius 1 is 1.58 bits per heavy atom. The van der Waals surface area contributed by atoms with Crippen LogP contribution in [0.2, 0.25) is 0 Å². The summed E-state index contributed by atoms with van der Waals surface area (Å²) in [6.07, 6.45) is 0.134. The number of ether oxygens (including phenoxy) is 1. The summed E-state index contributed by atoms with van der Waals surface area (Å²) in [7, 11) is 0. The van der Waals surface area contributed by atoms with Crippen molar-refractivity contribution in [2.45, 2.75) is 25.9 Å². The van der Waals surface area contributed by atoms with Gasteiger partial charge in [0, 0.05) is 23.6 Å². The second kappa shape index (κ2) is 6.50. The zero-order chi connectivity index (χ0) is 13.8. The van der Waals surface area contributed by atoms with E-state index < -0.39 is 5.97 Å². The SMILES string of the molecule is Cc1cc(CN2CCOCC2CC(=O)O)ccc1Br.